The van der Waals surface area contributed by atoms with Gasteiger partial charge in [0.25, 0.3) is 0 Å². The molecule has 4 aromatic rings. The van der Waals surface area contributed by atoms with Crippen LogP contribution in [0.3, 0.4) is 0 Å². The maximum atomic E-state index is 13.3. The highest BCUT2D eigenvalue weighted by Gasteiger charge is 2.41. The third kappa shape index (κ3) is 4.02. The van der Waals surface area contributed by atoms with Crippen molar-refractivity contribution in [3.05, 3.63) is 113 Å². The largest absolute Gasteiger partial charge is 0.359 e. The van der Waals surface area contributed by atoms with E-state index in [0.29, 0.717) is 12.8 Å². The molecule has 1 aliphatic rings. The molecule has 1 aromatic heterocycles. The van der Waals surface area contributed by atoms with Crippen LogP contribution in [0.1, 0.15) is 27.2 Å². The van der Waals surface area contributed by atoms with Crippen molar-refractivity contribution in [3.63, 3.8) is 0 Å². The molecule has 1 atom stereocenters. The molecule has 1 unspecified atom stereocenters. The van der Waals surface area contributed by atoms with Crippen molar-refractivity contribution in [2.24, 2.45) is 0 Å². The highest BCUT2D eigenvalue weighted by atomic mass is 19.1. The number of nitrogens with one attached hydrogen (secondary N) is 1. The first-order valence-electron chi connectivity index (χ1n) is 10.7. The van der Waals surface area contributed by atoms with Gasteiger partial charge < -0.3 is 0 Å². The first kappa shape index (κ1) is 20.1. The summed E-state index contributed by atoms with van der Waals surface area (Å²) in [6, 6.07) is 24.1. The second-order valence-electron chi connectivity index (χ2n) is 8.19. The Bertz CT molecular complexity index is 1290. The van der Waals surface area contributed by atoms with Crippen LogP contribution in [-0.2, 0) is 12.8 Å². The van der Waals surface area contributed by atoms with Crippen molar-refractivity contribution in [2.75, 3.05) is 5.32 Å². The molecule has 2 heterocycles. The molecule has 0 amide bonds. The van der Waals surface area contributed by atoms with Crippen LogP contribution in [0.5, 0.6) is 0 Å². The van der Waals surface area contributed by atoms with Crippen LogP contribution in [0.25, 0.3) is 11.3 Å². The standard InChI is InChI=1S/C27H22FN3O/c1-18-6-5-9-21(14-18)25-17-31-26(23(29-25)15-19-7-3-2-4-8-19)30-24(27(31)32)16-20-10-12-22(28)13-11-20/h2-14,17,24H,15-16H2,1H3/p+1. The summed E-state index contributed by atoms with van der Waals surface area (Å²) in [5.74, 6) is 0.409. The number of nitrogens with zero attached hydrogens (tertiary/aromatic N) is 2. The molecule has 0 fully saturated rings. The maximum absolute atomic E-state index is 13.3. The van der Waals surface area contributed by atoms with E-state index in [2.05, 4.69) is 23.5 Å². The number of aromatic nitrogens is 2. The lowest BCUT2D eigenvalue weighted by molar-refractivity contribution is -0.552. The average molecular weight is 424 g/mol. The van der Waals surface area contributed by atoms with Gasteiger partial charge in [0.1, 0.15) is 23.4 Å². The highest BCUT2D eigenvalue weighted by molar-refractivity contribution is 5.82. The normalized spacial score (nSPS) is 14.8. The Kier molecular flexibility index (Phi) is 5.23. The quantitative estimate of drug-likeness (QED) is 0.470. The van der Waals surface area contributed by atoms with Crippen molar-refractivity contribution >= 4 is 11.7 Å². The third-order valence-corrected chi connectivity index (χ3v) is 5.75. The van der Waals surface area contributed by atoms with E-state index in [1.807, 2.05) is 49.5 Å². The summed E-state index contributed by atoms with van der Waals surface area (Å²) in [7, 11) is 0. The van der Waals surface area contributed by atoms with Crippen LogP contribution in [0.4, 0.5) is 10.2 Å². The molecule has 4 nitrogen and oxygen atoms in total. The zero-order chi connectivity index (χ0) is 22.1. The van der Waals surface area contributed by atoms with Gasteiger partial charge in [0.15, 0.2) is 6.04 Å². The zero-order valence-corrected chi connectivity index (χ0v) is 17.8. The number of anilines is 1. The molecule has 3 aromatic carbocycles. The zero-order valence-electron chi connectivity index (χ0n) is 17.8. The van der Waals surface area contributed by atoms with Crippen molar-refractivity contribution < 1.29 is 13.8 Å². The summed E-state index contributed by atoms with van der Waals surface area (Å²) < 4.78 is 15.0. The number of fused-ring (bicyclic) bond motifs is 1. The number of carbonyl (C=O) groups is 1. The van der Waals surface area contributed by atoms with Gasteiger partial charge in [0.05, 0.1) is 0 Å². The average Bonchev–Trinajstić information content (AvgIpc) is 3.12. The number of benzene rings is 3. The molecular weight excluding hydrogens is 401 g/mol. The van der Waals surface area contributed by atoms with E-state index in [0.717, 1.165) is 39.5 Å². The van der Waals surface area contributed by atoms with E-state index < -0.39 is 6.04 Å². The van der Waals surface area contributed by atoms with Crippen molar-refractivity contribution in [1.82, 2.24) is 4.98 Å². The molecule has 0 bridgehead atoms. The van der Waals surface area contributed by atoms with E-state index in [-0.39, 0.29) is 11.7 Å². The van der Waals surface area contributed by atoms with Gasteiger partial charge in [0.2, 0.25) is 0 Å². The molecule has 0 aliphatic carbocycles. The Labute approximate surface area is 186 Å². The van der Waals surface area contributed by atoms with Gasteiger partial charge in [-0.3, -0.25) is 5.32 Å². The van der Waals surface area contributed by atoms with Gasteiger partial charge in [-0.2, -0.15) is 4.57 Å². The number of rotatable bonds is 5. The van der Waals surface area contributed by atoms with E-state index in [1.165, 1.54) is 12.1 Å². The minimum absolute atomic E-state index is 0.0325. The smallest absolute Gasteiger partial charge is 0.258 e. The molecule has 32 heavy (non-hydrogen) atoms. The number of halogens is 1. The molecule has 0 saturated heterocycles. The predicted molar refractivity (Wildman–Crippen MR) is 122 cm³/mol. The Morgan fingerprint density at radius 3 is 2.50 bits per heavy atom. The molecule has 0 spiro atoms. The predicted octanol–water partition coefficient (Wildman–Crippen LogP) is 4.75. The Morgan fingerprint density at radius 2 is 1.75 bits per heavy atom. The van der Waals surface area contributed by atoms with Crippen LogP contribution in [0, 0.1) is 12.7 Å². The molecule has 0 radical (unpaired) electrons. The van der Waals surface area contributed by atoms with E-state index in [9.17, 15) is 9.18 Å². The number of aryl methyl sites for hydroxylation is 1. The Balaban J connectivity index is 1.54. The lowest BCUT2D eigenvalue weighted by atomic mass is 10.1. The molecular formula is C27H23FN3O+. The first-order chi connectivity index (χ1) is 15.6. The molecule has 0 saturated carbocycles. The van der Waals surface area contributed by atoms with Crippen LogP contribution in [-0.4, -0.2) is 16.9 Å². The van der Waals surface area contributed by atoms with Gasteiger partial charge >= 0.3 is 11.7 Å². The lowest BCUT2D eigenvalue weighted by Gasteiger charge is -2.07. The minimum Gasteiger partial charge on any atom is -0.258 e. The van der Waals surface area contributed by atoms with Crippen LogP contribution in [0.2, 0.25) is 0 Å². The topological polar surface area (TPSA) is 45.9 Å². The second-order valence-corrected chi connectivity index (χ2v) is 8.19. The van der Waals surface area contributed by atoms with Crippen LogP contribution < -0.4 is 9.88 Å². The van der Waals surface area contributed by atoms with E-state index >= 15 is 0 Å². The van der Waals surface area contributed by atoms with Gasteiger partial charge in [-0.05, 0) is 36.2 Å². The third-order valence-electron chi connectivity index (χ3n) is 5.75. The monoisotopic (exact) mass is 424 g/mol. The van der Waals surface area contributed by atoms with Crippen molar-refractivity contribution in [1.29, 1.82) is 0 Å². The summed E-state index contributed by atoms with van der Waals surface area (Å²) >= 11 is 0. The van der Waals surface area contributed by atoms with Gasteiger partial charge in [0, 0.05) is 18.4 Å². The maximum Gasteiger partial charge on any atom is 0.359 e. The van der Waals surface area contributed by atoms with E-state index in [4.69, 9.17) is 4.98 Å². The number of carbonyl (C=O) groups excluding carboxylic acids is 1. The summed E-state index contributed by atoms with van der Waals surface area (Å²) in [4.78, 5) is 18.3. The fraction of sp³-hybridized carbons (Fsp3) is 0.148. The number of hydrogen-bond donors (Lipinski definition) is 1. The fourth-order valence-corrected chi connectivity index (χ4v) is 4.12. The SMILES string of the molecule is Cc1cccc(-c2c[n+]3c(c(Cc4ccccc4)n2)NC(Cc2ccc(F)cc2)C3=O)c1. The first-order valence-corrected chi connectivity index (χ1v) is 10.7. The van der Waals surface area contributed by atoms with Crippen molar-refractivity contribution in [3.8, 4) is 11.3 Å². The summed E-state index contributed by atoms with van der Waals surface area (Å²) in [5, 5.41) is 3.38. The highest BCUT2D eigenvalue weighted by Crippen LogP contribution is 2.25. The molecule has 1 aliphatic heterocycles. The number of hydrogen-bond acceptors (Lipinski definition) is 3. The minimum atomic E-state index is -0.426. The summed E-state index contributed by atoms with van der Waals surface area (Å²) in [6.07, 6.45) is 2.91. The van der Waals surface area contributed by atoms with Crippen LogP contribution in [0.15, 0.2) is 85.1 Å². The van der Waals surface area contributed by atoms with Gasteiger partial charge in [-0.25, -0.2) is 14.2 Å². The van der Waals surface area contributed by atoms with Gasteiger partial charge in [-0.1, -0.05) is 66.2 Å². The lowest BCUT2D eigenvalue weighted by Crippen LogP contribution is -2.44. The molecule has 5 rings (SSSR count). The van der Waals surface area contributed by atoms with Gasteiger partial charge in [-0.15, -0.1) is 0 Å². The second kappa shape index (κ2) is 8.35. The summed E-state index contributed by atoms with van der Waals surface area (Å²) in [5.41, 5.74) is 5.73. The molecule has 158 valence electrons. The summed E-state index contributed by atoms with van der Waals surface area (Å²) in [6.45, 7) is 2.04. The molecule has 5 heteroatoms. The van der Waals surface area contributed by atoms with Crippen molar-refractivity contribution in [2.45, 2.75) is 25.8 Å². The van der Waals surface area contributed by atoms with Crippen LogP contribution >= 0.6 is 0 Å². The Hall–Kier alpha value is -3.86. The fourth-order valence-electron chi connectivity index (χ4n) is 4.12. The molecule has 1 N–H and O–H groups in total. The van der Waals surface area contributed by atoms with E-state index in [1.54, 1.807) is 16.7 Å². The Morgan fingerprint density at radius 1 is 0.969 bits per heavy atom.